The van der Waals surface area contributed by atoms with Gasteiger partial charge in [-0.05, 0) is 30.3 Å². The van der Waals surface area contributed by atoms with Gasteiger partial charge in [0, 0.05) is 38.0 Å². The number of aryl methyl sites for hydroxylation is 1. The molecule has 0 aliphatic carbocycles. The van der Waals surface area contributed by atoms with E-state index >= 15 is 0 Å². The zero-order valence-electron chi connectivity index (χ0n) is 16.0. The number of carbonyl (C=O) groups excluding carboxylic acids is 1. The standard InChI is InChI=1S/C13H15FN4.C6H4F3NO2/c1-16-10-4-5-11(14)9(7-10)8-18-12-3-2-6-17-13(12)15;1-3-10-4(2-11)5(12-3)6(7,8)9/h2-7,16,18H,8H2,1H3,(H2,15,17);2H,1H3. The largest absolute Gasteiger partial charge is 0.452 e. The average molecular weight is 425 g/mol. The topological polar surface area (TPSA) is 106 Å². The van der Waals surface area contributed by atoms with Gasteiger partial charge in [0.1, 0.15) is 11.6 Å². The number of anilines is 3. The van der Waals surface area contributed by atoms with Gasteiger partial charge in [-0.25, -0.2) is 14.4 Å². The Balaban J connectivity index is 0.000000232. The lowest BCUT2D eigenvalue weighted by Crippen LogP contribution is -2.06. The number of nitrogens with two attached hydrogens (primary N) is 1. The Morgan fingerprint density at radius 2 is 2.00 bits per heavy atom. The number of oxazole rings is 1. The first-order valence-corrected chi connectivity index (χ1v) is 8.56. The van der Waals surface area contributed by atoms with Gasteiger partial charge >= 0.3 is 6.18 Å². The Bertz CT molecular complexity index is 1000. The Morgan fingerprint density at radius 3 is 2.57 bits per heavy atom. The third kappa shape index (κ3) is 5.93. The van der Waals surface area contributed by atoms with Crippen LogP contribution < -0.4 is 16.4 Å². The lowest BCUT2D eigenvalue weighted by Gasteiger charge is -2.10. The highest BCUT2D eigenvalue weighted by molar-refractivity contribution is 5.73. The molecule has 2 heterocycles. The SMILES string of the molecule is CNc1ccc(F)c(CNc2cccnc2N)c1.Cc1nc(C=O)c(C(F)(F)F)o1. The second-order valence-electron chi connectivity index (χ2n) is 5.91. The number of nitrogens with zero attached hydrogens (tertiary/aromatic N) is 2. The van der Waals surface area contributed by atoms with E-state index in [2.05, 4.69) is 25.0 Å². The van der Waals surface area contributed by atoms with Gasteiger partial charge in [-0.3, -0.25) is 4.79 Å². The Hall–Kier alpha value is -3.63. The van der Waals surface area contributed by atoms with E-state index in [9.17, 15) is 22.4 Å². The molecule has 0 unspecified atom stereocenters. The molecule has 0 amide bonds. The number of carbonyl (C=O) groups is 1. The first-order valence-electron chi connectivity index (χ1n) is 8.56. The zero-order chi connectivity index (χ0) is 22.3. The fourth-order valence-corrected chi connectivity index (χ4v) is 2.35. The molecule has 0 atom stereocenters. The number of aromatic nitrogens is 2. The maximum atomic E-state index is 13.6. The molecule has 0 aliphatic heterocycles. The van der Waals surface area contributed by atoms with E-state index in [1.54, 1.807) is 31.4 Å². The monoisotopic (exact) mass is 425 g/mol. The van der Waals surface area contributed by atoms with Crippen molar-refractivity contribution in [2.75, 3.05) is 23.4 Å². The molecule has 1 aromatic carbocycles. The highest BCUT2D eigenvalue weighted by Crippen LogP contribution is 2.31. The fourth-order valence-electron chi connectivity index (χ4n) is 2.35. The van der Waals surface area contributed by atoms with Crippen LogP contribution in [0.3, 0.4) is 0 Å². The molecule has 160 valence electrons. The number of aldehydes is 1. The quantitative estimate of drug-likeness (QED) is 0.414. The van der Waals surface area contributed by atoms with Gasteiger partial charge in [0.25, 0.3) is 0 Å². The molecule has 3 rings (SSSR count). The first kappa shape index (κ1) is 22.7. The summed E-state index contributed by atoms with van der Waals surface area (Å²) in [5, 5.41) is 6.04. The molecule has 0 bridgehead atoms. The van der Waals surface area contributed by atoms with Crippen molar-refractivity contribution < 1.29 is 26.8 Å². The number of benzene rings is 1. The van der Waals surface area contributed by atoms with Crippen LogP contribution in [-0.4, -0.2) is 23.3 Å². The van der Waals surface area contributed by atoms with Crippen LogP contribution in [0.4, 0.5) is 34.8 Å². The van der Waals surface area contributed by atoms with Crippen molar-refractivity contribution in [3.8, 4) is 0 Å². The molecular formula is C19H19F4N5O2. The maximum absolute atomic E-state index is 13.6. The zero-order valence-corrected chi connectivity index (χ0v) is 16.0. The van der Waals surface area contributed by atoms with Crippen molar-refractivity contribution in [3.05, 3.63) is 65.3 Å². The fraction of sp³-hybridized carbons (Fsp3) is 0.211. The summed E-state index contributed by atoms with van der Waals surface area (Å²) in [6, 6.07) is 8.48. The van der Waals surface area contributed by atoms with Crippen molar-refractivity contribution >= 4 is 23.5 Å². The molecular weight excluding hydrogens is 406 g/mol. The van der Waals surface area contributed by atoms with E-state index in [0.29, 0.717) is 23.6 Å². The summed E-state index contributed by atoms with van der Waals surface area (Å²) in [5.41, 5.74) is 7.13. The molecule has 2 aromatic heterocycles. The number of nitrogens with one attached hydrogen (secondary N) is 2. The third-order valence-corrected chi connectivity index (χ3v) is 3.77. The van der Waals surface area contributed by atoms with Crippen molar-refractivity contribution in [2.24, 2.45) is 0 Å². The molecule has 0 aliphatic rings. The van der Waals surface area contributed by atoms with Crippen LogP contribution in [0.2, 0.25) is 0 Å². The van der Waals surface area contributed by atoms with Crippen LogP contribution in [0, 0.1) is 12.7 Å². The summed E-state index contributed by atoms with van der Waals surface area (Å²) in [7, 11) is 1.80. The lowest BCUT2D eigenvalue weighted by molar-refractivity contribution is -0.153. The first-order chi connectivity index (χ1) is 14.2. The summed E-state index contributed by atoms with van der Waals surface area (Å²) < 4.78 is 53.7. The van der Waals surface area contributed by atoms with Crippen LogP contribution in [0.1, 0.15) is 27.7 Å². The average Bonchev–Trinajstić information content (AvgIpc) is 3.10. The second kappa shape index (κ2) is 9.72. The van der Waals surface area contributed by atoms with Crippen LogP contribution in [0.5, 0.6) is 0 Å². The number of hydrogen-bond acceptors (Lipinski definition) is 7. The molecule has 0 saturated carbocycles. The van der Waals surface area contributed by atoms with E-state index in [-0.39, 0.29) is 18.0 Å². The third-order valence-electron chi connectivity index (χ3n) is 3.77. The number of pyridine rings is 1. The van der Waals surface area contributed by atoms with Crippen LogP contribution in [0.15, 0.2) is 40.9 Å². The van der Waals surface area contributed by atoms with E-state index in [1.165, 1.54) is 13.0 Å². The maximum Gasteiger partial charge on any atom is 0.452 e. The van der Waals surface area contributed by atoms with Gasteiger partial charge in [0.15, 0.2) is 17.9 Å². The highest BCUT2D eigenvalue weighted by atomic mass is 19.4. The molecule has 0 spiro atoms. The number of nitrogen functional groups attached to an aromatic ring is 1. The minimum absolute atomic E-state index is 0.0132. The molecule has 11 heteroatoms. The lowest BCUT2D eigenvalue weighted by atomic mass is 10.2. The summed E-state index contributed by atoms with van der Waals surface area (Å²) in [5.74, 6) is -1.36. The summed E-state index contributed by atoms with van der Waals surface area (Å²) in [4.78, 5) is 17.3. The number of hydrogen-bond donors (Lipinski definition) is 3. The van der Waals surface area contributed by atoms with Gasteiger partial charge in [-0.2, -0.15) is 13.2 Å². The predicted molar refractivity (Wildman–Crippen MR) is 104 cm³/mol. The summed E-state index contributed by atoms with van der Waals surface area (Å²) in [6.45, 7) is 1.60. The van der Waals surface area contributed by atoms with Gasteiger partial charge in [-0.1, -0.05) is 0 Å². The van der Waals surface area contributed by atoms with E-state index in [4.69, 9.17) is 5.73 Å². The number of alkyl halides is 3. The molecule has 4 N–H and O–H groups in total. The van der Waals surface area contributed by atoms with Crippen molar-refractivity contribution in [2.45, 2.75) is 19.6 Å². The van der Waals surface area contributed by atoms with E-state index < -0.39 is 17.6 Å². The van der Waals surface area contributed by atoms with Crippen molar-refractivity contribution in [1.82, 2.24) is 9.97 Å². The van der Waals surface area contributed by atoms with Gasteiger partial charge < -0.3 is 20.8 Å². The Labute approximate surface area is 169 Å². The molecule has 7 nitrogen and oxygen atoms in total. The number of rotatable bonds is 5. The van der Waals surface area contributed by atoms with Crippen LogP contribution in [-0.2, 0) is 12.7 Å². The summed E-state index contributed by atoms with van der Waals surface area (Å²) >= 11 is 0. The van der Waals surface area contributed by atoms with E-state index in [0.717, 1.165) is 5.69 Å². The molecule has 30 heavy (non-hydrogen) atoms. The Morgan fingerprint density at radius 1 is 1.27 bits per heavy atom. The molecule has 3 aromatic rings. The van der Waals surface area contributed by atoms with E-state index in [1.807, 2.05) is 6.07 Å². The molecule has 0 fully saturated rings. The highest BCUT2D eigenvalue weighted by Gasteiger charge is 2.39. The minimum Gasteiger partial charge on any atom is -0.436 e. The molecule has 0 saturated heterocycles. The van der Waals surface area contributed by atoms with Crippen LogP contribution in [0.25, 0.3) is 0 Å². The van der Waals surface area contributed by atoms with Crippen LogP contribution >= 0.6 is 0 Å². The second-order valence-corrected chi connectivity index (χ2v) is 5.91. The predicted octanol–water partition coefficient (Wildman–Crippen LogP) is 4.27. The van der Waals surface area contributed by atoms with Crippen molar-refractivity contribution in [3.63, 3.8) is 0 Å². The smallest absolute Gasteiger partial charge is 0.436 e. The minimum atomic E-state index is -4.66. The number of halogens is 4. The Kier molecular flexibility index (Phi) is 7.34. The molecule has 0 radical (unpaired) electrons. The van der Waals surface area contributed by atoms with Gasteiger partial charge in [-0.15, -0.1) is 0 Å². The van der Waals surface area contributed by atoms with Gasteiger partial charge in [0.05, 0.1) is 5.69 Å². The van der Waals surface area contributed by atoms with Crippen molar-refractivity contribution in [1.29, 1.82) is 0 Å². The summed E-state index contributed by atoms with van der Waals surface area (Å²) in [6.07, 6.45) is -3.03. The normalized spacial score (nSPS) is 10.7. The van der Waals surface area contributed by atoms with Gasteiger partial charge in [0.2, 0.25) is 5.76 Å².